The average Bonchev–Trinajstić information content (AvgIpc) is 2.71. The lowest BCUT2D eigenvalue weighted by Crippen LogP contribution is -2.15. The first-order valence-electron chi connectivity index (χ1n) is 5.13. The van der Waals surface area contributed by atoms with Crippen molar-refractivity contribution in [1.29, 1.82) is 0 Å². The van der Waals surface area contributed by atoms with Crippen LogP contribution in [0.1, 0.15) is 18.2 Å². The van der Waals surface area contributed by atoms with Crippen LogP contribution in [0.2, 0.25) is 0 Å². The summed E-state index contributed by atoms with van der Waals surface area (Å²) in [4.78, 5) is 1.36. The van der Waals surface area contributed by atoms with Crippen molar-refractivity contribution in [3.05, 3.63) is 17.0 Å². The van der Waals surface area contributed by atoms with Crippen LogP contribution in [0.4, 0.5) is 0 Å². The van der Waals surface area contributed by atoms with E-state index in [1.54, 1.807) is 18.4 Å². The molecular weight excluding hydrogens is 194 g/mol. The minimum absolute atomic E-state index is 0.928. The van der Waals surface area contributed by atoms with E-state index in [1.165, 1.54) is 17.8 Å². The number of methoxy groups -OCH3 is 1. The van der Waals surface area contributed by atoms with E-state index in [0.29, 0.717) is 0 Å². The second-order valence-electron chi connectivity index (χ2n) is 4.03. The highest BCUT2D eigenvalue weighted by Crippen LogP contribution is 2.36. The van der Waals surface area contributed by atoms with Gasteiger partial charge in [0.05, 0.1) is 7.11 Å². The Labute approximate surface area is 89.3 Å². The Morgan fingerprint density at radius 3 is 2.93 bits per heavy atom. The summed E-state index contributed by atoms with van der Waals surface area (Å²) >= 11 is 1.72. The van der Waals surface area contributed by atoms with E-state index < -0.39 is 0 Å². The van der Waals surface area contributed by atoms with Crippen LogP contribution in [-0.2, 0) is 6.54 Å². The third kappa shape index (κ3) is 2.49. The highest BCUT2D eigenvalue weighted by Gasteiger charge is 2.31. The van der Waals surface area contributed by atoms with Crippen LogP contribution in [0.3, 0.4) is 0 Å². The second-order valence-corrected chi connectivity index (χ2v) is 5.16. The highest BCUT2D eigenvalue weighted by molar-refractivity contribution is 7.13. The van der Waals surface area contributed by atoms with Crippen molar-refractivity contribution in [2.24, 2.45) is 11.8 Å². The zero-order valence-corrected chi connectivity index (χ0v) is 9.56. The summed E-state index contributed by atoms with van der Waals surface area (Å²) in [5, 5.41) is 4.49. The number of rotatable bonds is 5. The monoisotopic (exact) mass is 211 g/mol. The summed E-state index contributed by atoms with van der Waals surface area (Å²) in [6.45, 7) is 4.47. The van der Waals surface area contributed by atoms with Gasteiger partial charge in [-0.3, -0.25) is 0 Å². The van der Waals surface area contributed by atoms with Crippen molar-refractivity contribution in [3.63, 3.8) is 0 Å². The molecule has 3 heteroatoms. The van der Waals surface area contributed by atoms with Crippen LogP contribution in [0, 0.1) is 11.8 Å². The highest BCUT2D eigenvalue weighted by atomic mass is 32.1. The van der Waals surface area contributed by atoms with E-state index >= 15 is 0 Å². The number of hydrogen-bond donors (Lipinski definition) is 1. The van der Waals surface area contributed by atoms with E-state index in [4.69, 9.17) is 4.74 Å². The quantitative estimate of drug-likeness (QED) is 0.808. The minimum atomic E-state index is 0.928. The van der Waals surface area contributed by atoms with Crippen LogP contribution in [0.25, 0.3) is 0 Å². The predicted molar refractivity (Wildman–Crippen MR) is 59.8 cm³/mol. The molecule has 0 amide bonds. The molecule has 2 atom stereocenters. The maximum Gasteiger partial charge on any atom is 0.173 e. The smallest absolute Gasteiger partial charge is 0.173 e. The lowest BCUT2D eigenvalue weighted by atomic mass is 10.3. The van der Waals surface area contributed by atoms with Gasteiger partial charge in [-0.15, -0.1) is 11.3 Å². The first-order valence-corrected chi connectivity index (χ1v) is 5.94. The van der Waals surface area contributed by atoms with E-state index in [1.807, 2.05) is 6.07 Å². The van der Waals surface area contributed by atoms with Gasteiger partial charge in [-0.2, -0.15) is 0 Å². The molecule has 14 heavy (non-hydrogen) atoms. The molecule has 0 bridgehead atoms. The molecule has 1 aliphatic rings. The topological polar surface area (TPSA) is 21.3 Å². The molecule has 0 radical (unpaired) electrons. The van der Waals surface area contributed by atoms with Gasteiger partial charge in [-0.05, 0) is 36.9 Å². The SMILES string of the molecule is COc1ccc(CNCC2CC2C)s1. The standard InChI is InChI=1S/C11H17NOS/c1-8-5-9(8)6-12-7-10-3-4-11(13-2)14-10/h3-4,8-9,12H,5-7H2,1-2H3. The molecule has 1 fully saturated rings. The van der Waals surface area contributed by atoms with Gasteiger partial charge in [0.15, 0.2) is 5.06 Å². The minimum Gasteiger partial charge on any atom is -0.487 e. The fraction of sp³-hybridized carbons (Fsp3) is 0.636. The van der Waals surface area contributed by atoms with Gasteiger partial charge in [0, 0.05) is 11.4 Å². The average molecular weight is 211 g/mol. The lowest BCUT2D eigenvalue weighted by Gasteiger charge is -2.00. The Morgan fingerprint density at radius 1 is 1.57 bits per heavy atom. The van der Waals surface area contributed by atoms with Gasteiger partial charge in [0.25, 0.3) is 0 Å². The van der Waals surface area contributed by atoms with Gasteiger partial charge in [-0.1, -0.05) is 6.92 Å². The molecule has 0 aliphatic heterocycles. The molecule has 78 valence electrons. The van der Waals surface area contributed by atoms with Crippen molar-refractivity contribution < 1.29 is 4.74 Å². The summed E-state index contributed by atoms with van der Waals surface area (Å²) in [6, 6.07) is 4.16. The first kappa shape index (κ1) is 9.99. The van der Waals surface area contributed by atoms with Crippen molar-refractivity contribution in [2.45, 2.75) is 19.9 Å². The molecule has 1 aromatic rings. The summed E-state index contributed by atoms with van der Waals surface area (Å²) < 4.78 is 5.14. The molecule has 1 saturated carbocycles. The molecule has 1 aliphatic carbocycles. The van der Waals surface area contributed by atoms with Crippen LogP contribution < -0.4 is 10.1 Å². The fourth-order valence-electron chi connectivity index (χ4n) is 1.63. The van der Waals surface area contributed by atoms with Crippen LogP contribution in [-0.4, -0.2) is 13.7 Å². The normalized spacial score (nSPS) is 25.0. The third-order valence-electron chi connectivity index (χ3n) is 2.82. The molecule has 0 spiro atoms. The van der Waals surface area contributed by atoms with E-state index in [9.17, 15) is 0 Å². The van der Waals surface area contributed by atoms with Gasteiger partial charge in [0.1, 0.15) is 0 Å². The first-order chi connectivity index (χ1) is 6.79. The van der Waals surface area contributed by atoms with Crippen molar-refractivity contribution in [2.75, 3.05) is 13.7 Å². The van der Waals surface area contributed by atoms with Gasteiger partial charge < -0.3 is 10.1 Å². The zero-order chi connectivity index (χ0) is 9.97. The van der Waals surface area contributed by atoms with E-state index in [-0.39, 0.29) is 0 Å². The Hall–Kier alpha value is -0.540. The van der Waals surface area contributed by atoms with Crippen molar-refractivity contribution in [3.8, 4) is 5.06 Å². The third-order valence-corrected chi connectivity index (χ3v) is 3.87. The zero-order valence-electron chi connectivity index (χ0n) is 8.75. The summed E-state index contributed by atoms with van der Waals surface area (Å²) in [5.74, 6) is 1.87. The van der Waals surface area contributed by atoms with E-state index in [2.05, 4.69) is 18.3 Å². The van der Waals surface area contributed by atoms with Crippen LogP contribution in [0.15, 0.2) is 12.1 Å². The van der Waals surface area contributed by atoms with Gasteiger partial charge in [0.2, 0.25) is 0 Å². The maximum atomic E-state index is 5.14. The summed E-state index contributed by atoms with van der Waals surface area (Å²) in [7, 11) is 1.72. The summed E-state index contributed by atoms with van der Waals surface area (Å²) in [5.41, 5.74) is 0. The Bertz CT molecular complexity index is 297. The van der Waals surface area contributed by atoms with Crippen LogP contribution >= 0.6 is 11.3 Å². The molecule has 2 nitrogen and oxygen atoms in total. The Balaban J connectivity index is 1.69. The number of hydrogen-bond acceptors (Lipinski definition) is 3. The molecule has 0 aromatic carbocycles. The van der Waals surface area contributed by atoms with Crippen molar-refractivity contribution in [1.82, 2.24) is 5.32 Å². The number of ether oxygens (including phenoxy) is 1. The predicted octanol–water partition coefficient (Wildman–Crippen LogP) is 2.50. The Kier molecular flexibility index (Phi) is 3.08. The number of thiophene rings is 1. The maximum absolute atomic E-state index is 5.14. The molecule has 1 N–H and O–H groups in total. The second kappa shape index (κ2) is 4.32. The lowest BCUT2D eigenvalue weighted by molar-refractivity contribution is 0.427. The fourth-order valence-corrected chi connectivity index (χ4v) is 2.42. The molecule has 0 saturated heterocycles. The van der Waals surface area contributed by atoms with E-state index in [0.717, 1.165) is 23.4 Å². The van der Waals surface area contributed by atoms with Gasteiger partial charge in [-0.25, -0.2) is 0 Å². The van der Waals surface area contributed by atoms with Crippen LogP contribution in [0.5, 0.6) is 5.06 Å². The van der Waals surface area contributed by atoms with Crippen molar-refractivity contribution >= 4 is 11.3 Å². The molecule has 1 aromatic heterocycles. The molecular formula is C11H17NOS. The summed E-state index contributed by atoms with van der Waals surface area (Å²) in [6.07, 6.45) is 1.40. The molecule has 1 heterocycles. The Morgan fingerprint density at radius 2 is 2.36 bits per heavy atom. The molecule has 2 rings (SSSR count). The largest absolute Gasteiger partial charge is 0.487 e. The number of nitrogens with one attached hydrogen (secondary N) is 1. The van der Waals surface area contributed by atoms with Gasteiger partial charge >= 0.3 is 0 Å². The molecule has 2 unspecified atom stereocenters.